The summed E-state index contributed by atoms with van der Waals surface area (Å²) in [5, 5.41) is 0. The molecule has 0 aromatic heterocycles. The second-order valence-corrected chi connectivity index (χ2v) is 0.993. The normalized spacial score (nSPS) is 6.57. The van der Waals surface area contributed by atoms with E-state index in [0.717, 1.165) is 13.0 Å². The third kappa shape index (κ3) is 27.9. The van der Waals surface area contributed by atoms with E-state index in [1.807, 2.05) is 6.79 Å². The van der Waals surface area contributed by atoms with Crippen LogP contribution in [-0.2, 0) is 9.53 Å². The van der Waals surface area contributed by atoms with Crippen LogP contribution in [0.15, 0.2) is 0 Å². The smallest absolute Gasteiger partial charge is 0.106 e. The van der Waals surface area contributed by atoms with Crippen molar-refractivity contribution >= 4 is 6.79 Å². The maximum atomic E-state index is 8.00. The van der Waals surface area contributed by atoms with Crippen molar-refractivity contribution in [1.82, 2.24) is 0 Å². The molecule has 44 valence electrons. The molecule has 2 nitrogen and oxygen atoms in total. The first kappa shape index (κ1) is 9.80. The lowest BCUT2D eigenvalue weighted by molar-refractivity contribution is -0.0979. The van der Waals surface area contributed by atoms with E-state index in [1.165, 1.54) is 0 Å². The number of rotatable bonds is 2. The molecule has 0 saturated heterocycles. The van der Waals surface area contributed by atoms with Crippen molar-refractivity contribution in [2.45, 2.75) is 13.3 Å². The minimum Gasteiger partial charge on any atom is -0.385 e. The van der Waals surface area contributed by atoms with Crippen LogP contribution in [-0.4, -0.2) is 20.5 Å². The highest BCUT2D eigenvalue weighted by Crippen LogP contribution is 1.70. The highest BCUT2D eigenvalue weighted by molar-refractivity contribution is 5.10. The second-order valence-electron chi connectivity index (χ2n) is 0.993. The summed E-state index contributed by atoms with van der Waals surface area (Å²) in [6, 6.07) is 0. The zero-order valence-electron chi connectivity index (χ0n) is 4.94. The highest BCUT2D eigenvalue weighted by Gasteiger charge is 1.66. The highest BCUT2D eigenvalue weighted by atomic mass is 16.5. The van der Waals surface area contributed by atoms with Crippen LogP contribution in [0.25, 0.3) is 0 Å². The standard InChI is InChI=1S/C4H10O.CH2O/c1-3-4-5-2;1-2/h3-4H2,1-2H3;1H2. The minimum absolute atomic E-state index is 0.889. The zero-order valence-corrected chi connectivity index (χ0v) is 4.94. The molecule has 0 atom stereocenters. The Kier molecular flexibility index (Phi) is 24.4. The Labute approximate surface area is 44.5 Å². The van der Waals surface area contributed by atoms with Gasteiger partial charge in [0.25, 0.3) is 0 Å². The molecule has 2 heteroatoms. The quantitative estimate of drug-likeness (QED) is 0.519. The molecular formula is C5H12O2. The van der Waals surface area contributed by atoms with Gasteiger partial charge in [0.05, 0.1) is 0 Å². The largest absolute Gasteiger partial charge is 0.385 e. The van der Waals surface area contributed by atoms with Crippen molar-refractivity contribution in [3.63, 3.8) is 0 Å². The van der Waals surface area contributed by atoms with E-state index in [4.69, 9.17) is 9.53 Å². The summed E-state index contributed by atoms with van der Waals surface area (Å²) in [6.45, 7) is 4.98. The molecule has 0 radical (unpaired) electrons. The number of carbonyl (C=O) groups excluding carboxylic acids is 1. The van der Waals surface area contributed by atoms with E-state index in [1.54, 1.807) is 7.11 Å². The summed E-state index contributed by atoms with van der Waals surface area (Å²) < 4.78 is 4.69. The minimum atomic E-state index is 0.889. The maximum absolute atomic E-state index is 8.00. The fourth-order valence-corrected chi connectivity index (χ4v) is 0.204. The first-order chi connectivity index (χ1) is 3.41. The molecule has 0 spiro atoms. The fraction of sp³-hybridized carbons (Fsp3) is 0.800. The van der Waals surface area contributed by atoms with Crippen LogP contribution in [0, 0.1) is 0 Å². The molecule has 0 saturated carbocycles. The number of carbonyl (C=O) groups is 1. The van der Waals surface area contributed by atoms with Gasteiger partial charge in [-0.1, -0.05) is 6.92 Å². The van der Waals surface area contributed by atoms with E-state index in [-0.39, 0.29) is 0 Å². The average Bonchev–Trinajstić information content (AvgIpc) is 1.75. The molecule has 0 bridgehead atoms. The average molecular weight is 104 g/mol. The van der Waals surface area contributed by atoms with E-state index < -0.39 is 0 Å². The van der Waals surface area contributed by atoms with E-state index in [9.17, 15) is 0 Å². The molecule has 0 fully saturated rings. The molecule has 0 unspecified atom stereocenters. The molecule has 0 rings (SSSR count). The first-order valence-electron chi connectivity index (χ1n) is 2.19. The van der Waals surface area contributed by atoms with Crippen LogP contribution >= 0.6 is 0 Å². The number of methoxy groups -OCH3 is 1. The molecule has 0 aliphatic heterocycles. The number of hydrogen-bond donors (Lipinski definition) is 0. The Balaban J connectivity index is 0. The zero-order chi connectivity index (χ0) is 6.12. The topological polar surface area (TPSA) is 26.3 Å². The van der Waals surface area contributed by atoms with Gasteiger partial charge in [0, 0.05) is 13.7 Å². The van der Waals surface area contributed by atoms with Gasteiger partial charge >= 0.3 is 0 Å². The first-order valence-corrected chi connectivity index (χ1v) is 2.19. The summed E-state index contributed by atoms with van der Waals surface area (Å²) >= 11 is 0. The molecule has 0 aliphatic rings. The van der Waals surface area contributed by atoms with Gasteiger partial charge in [0.15, 0.2) is 0 Å². The molecule has 0 heterocycles. The summed E-state index contributed by atoms with van der Waals surface area (Å²) in [5.41, 5.74) is 0. The summed E-state index contributed by atoms with van der Waals surface area (Å²) in [6.07, 6.45) is 1.12. The summed E-state index contributed by atoms with van der Waals surface area (Å²) in [7, 11) is 1.71. The van der Waals surface area contributed by atoms with Gasteiger partial charge in [-0.3, -0.25) is 0 Å². The third-order valence-corrected chi connectivity index (χ3v) is 0.408. The summed E-state index contributed by atoms with van der Waals surface area (Å²) in [5.74, 6) is 0. The molecule has 0 aromatic rings. The number of ether oxygens (including phenoxy) is 1. The van der Waals surface area contributed by atoms with Gasteiger partial charge in [-0.25, -0.2) is 0 Å². The summed E-state index contributed by atoms with van der Waals surface area (Å²) in [4.78, 5) is 8.00. The van der Waals surface area contributed by atoms with Gasteiger partial charge in [-0.2, -0.15) is 0 Å². The molecule has 0 aliphatic carbocycles. The van der Waals surface area contributed by atoms with Gasteiger partial charge in [-0.05, 0) is 6.42 Å². The third-order valence-electron chi connectivity index (χ3n) is 0.408. The van der Waals surface area contributed by atoms with Gasteiger partial charge in [0.2, 0.25) is 0 Å². The van der Waals surface area contributed by atoms with E-state index in [0.29, 0.717) is 0 Å². The van der Waals surface area contributed by atoms with Crippen LogP contribution in [0.3, 0.4) is 0 Å². The van der Waals surface area contributed by atoms with Gasteiger partial charge < -0.3 is 9.53 Å². The Bertz CT molecular complexity index is 20.0. The predicted octanol–water partition coefficient (Wildman–Crippen LogP) is 0.858. The van der Waals surface area contributed by atoms with Crippen LogP contribution in [0.4, 0.5) is 0 Å². The van der Waals surface area contributed by atoms with Crippen molar-refractivity contribution in [3.05, 3.63) is 0 Å². The Hall–Kier alpha value is -0.370. The predicted molar refractivity (Wildman–Crippen MR) is 29.3 cm³/mol. The van der Waals surface area contributed by atoms with Gasteiger partial charge in [-0.15, -0.1) is 0 Å². The second kappa shape index (κ2) is 17.4. The molecule has 0 amide bonds. The molecular weight excluding hydrogens is 92.1 g/mol. The van der Waals surface area contributed by atoms with Gasteiger partial charge in [0.1, 0.15) is 6.79 Å². The molecule has 7 heavy (non-hydrogen) atoms. The van der Waals surface area contributed by atoms with E-state index >= 15 is 0 Å². The Morgan fingerprint density at radius 2 is 2.00 bits per heavy atom. The molecule has 0 aromatic carbocycles. The van der Waals surface area contributed by atoms with Crippen molar-refractivity contribution in [2.75, 3.05) is 13.7 Å². The fourth-order valence-electron chi connectivity index (χ4n) is 0.204. The molecule has 0 N–H and O–H groups in total. The number of hydrogen-bond acceptors (Lipinski definition) is 2. The van der Waals surface area contributed by atoms with Crippen LogP contribution in [0.2, 0.25) is 0 Å². The lowest BCUT2D eigenvalue weighted by Gasteiger charge is -1.84. The van der Waals surface area contributed by atoms with E-state index in [2.05, 4.69) is 6.92 Å². The van der Waals surface area contributed by atoms with Crippen molar-refractivity contribution in [1.29, 1.82) is 0 Å². The lowest BCUT2D eigenvalue weighted by Crippen LogP contribution is -1.80. The van der Waals surface area contributed by atoms with Crippen molar-refractivity contribution in [3.8, 4) is 0 Å². The maximum Gasteiger partial charge on any atom is 0.106 e. The monoisotopic (exact) mass is 104 g/mol. The lowest BCUT2D eigenvalue weighted by atomic mass is 10.5. The van der Waals surface area contributed by atoms with Crippen molar-refractivity contribution < 1.29 is 9.53 Å². The SMILES string of the molecule is C=O.CCCOC. The van der Waals surface area contributed by atoms with Crippen LogP contribution < -0.4 is 0 Å². The van der Waals surface area contributed by atoms with Crippen LogP contribution in [0.1, 0.15) is 13.3 Å². The van der Waals surface area contributed by atoms with Crippen LogP contribution in [0.5, 0.6) is 0 Å². The Morgan fingerprint density at radius 1 is 1.57 bits per heavy atom. The van der Waals surface area contributed by atoms with Crippen molar-refractivity contribution in [2.24, 2.45) is 0 Å². The Morgan fingerprint density at radius 3 is 2.00 bits per heavy atom.